The highest BCUT2D eigenvalue weighted by atomic mass is 16.5. The summed E-state index contributed by atoms with van der Waals surface area (Å²) in [7, 11) is 0. The summed E-state index contributed by atoms with van der Waals surface area (Å²) >= 11 is 0. The molecule has 26 heavy (non-hydrogen) atoms. The molecule has 0 spiro atoms. The zero-order valence-corrected chi connectivity index (χ0v) is 16.1. The highest BCUT2D eigenvalue weighted by Gasteiger charge is 2.39. The van der Waals surface area contributed by atoms with Crippen LogP contribution in [-0.2, 0) is 20.9 Å². The van der Waals surface area contributed by atoms with Gasteiger partial charge in [0.15, 0.2) is 0 Å². The van der Waals surface area contributed by atoms with Crippen LogP contribution in [0.25, 0.3) is 0 Å². The van der Waals surface area contributed by atoms with E-state index in [-0.39, 0.29) is 30.5 Å². The number of furan rings is 1. The number of hydrogen-bond acceptors (Lipinski definition) is 4. The zero-order chi connectivity index (χ0) is 18.7. The van der Waals surface area contributed by atoms with Gasteiger partial charge >= 0.3 is 0 Å². The van der Waals surface area contributed by atoms with Crippen LogP contribution in [-0.4, -0.2) is 53.5 Å². The van der Waals surface area contributed by atoms with Crippen molar-refractivity contribution < 1.29 is 18.7 Å². The summed E-state index contributed by atoms with van der Waals surface area (Å²) in [6.45, 7) is 7.56. The van der Waals surface area contributed by atoms with Gasteiger partial charge in [-0.3, -0.25) is 9.59 Å². The first-order valence-electron chi connectivity index (χ1n) is 9.57. The Bertz CT molecular complexity index is 610. The second-order valence-electron chi connectivity index (χ2n) is 8.40. The molecule has 2 aliphatic rings. The summed E-state index contributed by atoms with van der Waals surface area (Å²) in [5.41, 5.74) is -0.483. The molecule has 2 fully saturated rings. The number of carbonyl (C=O) groups is 2. The van der Waals surface area contributed by atoms with Crippen molar-refractivity contribution in [2.75, 3.05) is 19.7 Å². The van der Waals surface area contributed by atoms with Crippen molar-refractivity contribution in [2.45, 2.75) is 65.1 Å². The first kappa shape index (κ1) is 19.0. The van der Waals surface area contributed by atoms with E-state index in [1.165, 1.54) is 0 Å². The zero-order valence-electron chi connectivity index (χ0n) is 16.1. The van der Waals surface area contributed by atoms with Gasteiger partial charge in [-0.2, -0.15) is 0 Å². The van der Waals surface area contributed by atoms with Gasteiger partial charge < -0.3 is 19.0 Å². The predicted octanol–water partition coefficient (Wildman–Crippen LogP) is 2.82. The Morgan fingerprint density at radius 1 is 1.23 bits per heavy atom. The second kappa shape index (κ2) is 7.82. The van der Waals surface area contributed by atoms with Gasteiger partial charge in [-0.1, -0.05) is 20.8 Å². The van der Waals surface area contributed by atoms with Crippen LogP contribution in [0.15, 0.2) is 22.8 Å². The normalized spacial score (nSPS) is 20.2. The van der Waals surface area contributed by atoms with Crippen molar-refractivity contribution in [3.8, 4) is 0 Å². The topological polar surface area (TPSA) is 63.0 Å². The van der Waals surface area contributed by atoms with E-state index in [0.717, 1.165) is 38.1 Å². The average Bonchev–Trinajstić information content (AvgIpc) is 3.06. The largest absolute Gasteiger partial charge is 0.467 e. The van der Waals surface area contributed by atoms with E-state index in [9.17, 15) is 9.59 Å². The molecule has 1 aromatic heterocycles. The molecule has 6 heteroatoms. The fraction of sp³-hybridized carbons (Fsp3) is 0.700. The molecule has 144 valence electrons. The Morgan fingerprint density at radius 2 is 2.00 bits per heavy atom. The molecule has 2 heterocycles. The molecule has 1 atom stereocenters. The molecule has 1 saturated carbocycles. The van der Waals surface area contributed by atoms with Crippen LogP contribution in [0.1, 0.15) is 52.2 Å². The SMILES string of the molecule is CC(C)(C)C(=O)N(CC(=O)N(Cc1ccco1)C[C@@H]1CCCO1)C1CC1. The van der Waals surface area contributed by atoms with Crippen LogP contribution in [0.2, 0.25) is 0 Å². The first-order valence-corrected chi connectivity index (χ1v) is 9.57. The Kier molecular flexibility index (Phi) is 5.70. The molecule has 1 saturated heterocycles. The molecule has 0 N–H and O–H groups in total. The molecular weight excluding hydrogens is 332 g/mol. The van der Waals surface area contributed by atoms with Crippen LogP contribution in [0, 0.1) is 5.41 Å². The van der Waals surface area contributed by atoms with Crippen LogP contribution in [0.4, 0.5) is 0 Å². The molecule has 0 bridgehead atoms. The summed E-state index contributed by atoms with van der Waals surface area (Å²) in [5, 5.41) is 0. The molecule has 0 aromatic carbocycles. The predicted molar refractivity (Wildman–Crippen MR) is 97.3 cm³/mol. The molecule has 1 aliphatic heterocycles. The minimum absolute atomic E-state index is 0.0404. The van der Waals surface area contributed by atoms with Crippen molar-refractivity contribution in [1.82, 2.24) is 9.80 Å². The van der Waals surface area contributed by atoms with Gasteiger partial charge in [0.25, 0.3) is 0 Å². The van der Waals surface area contributed by atoms with Gasteiger partial charge in [0.05, 0.1) is 18.9 Å². The number of nitrogens with zero attached hydrogens (tertiary/aromatic N) is 2. The lowest BCUT2D eigenvalue weighted by molar-refractivity contribution is -0.147. The van der Waals surface area contributed by atoms with Crippen molar-refractivity contribution in [2.24, 2.45) is 5.41 Å². The highest BCUT2D eigenvalue weighted by molar-refractivity contribution is 5.88. The fourth-order valence-corrected chi connectivity index (χ4v) is 3.31. The van der Waals surface area contributed by atoms with Crippen LogP contribution in [0.3, 0.4) is 0 Å². The van der Waals surface area contributed by atoms with Gasteiger partial charge in [-0.05, 0) is 37.8 Å². The minimum Gasteiger partial charge on any atom is -0.467 e. The van der Waals surface area contributed by atoms with E-state index in [1.807, 2.05) is 32.9 Å². The Hall–Kier alpha value is -1.82. The van der Waals surface area contributed by atoms with Gasteiger partial charge in [0.2, 0.25) is 11.8 Å². The molecule has 0 radical (unpaired) electrons. The number of amides is 2. The third-order valence-electron chi connectivity index (χ3n) is 4.92. The van der Waals surface area contributed by atoms with E-state index in [2.05, 4.69) is 0 Å². The maximum Gasteiger partial charge on any atom is 0.242 e. The van der Waals surface area contributed by atoms with Gasteiger partial charge in [-0.25, -0.2) is 0 Å². The van der Waals surface area contributed by atoms with Crippen molar-refractivity contribution >= 4 is 11.8 Å². The molecule has 0 unspecified atom stereocenters. The maximum absolute atomic E-state index is 13.1. The summed E-state index contributed by atoms with van der Waals surface area (Å²) in [5.74, 6) is 0.751. The van der Waals surface area contributed by atoms with Gasteiger partial charge in [0, 0.05) is 24.6 Å². The van der Waals surface area contributed by atoms with E-state index in [0.29, 0.717) is 13.1 Å². The lowest BCUT2D eigenvalue weighted by Crippen LogP contribution is -2.48. The van der Waals surface area contributed by atoms with Gasteiger partial charge in [-0.15, -0.1) is 0 Å². The first-order chi connectivity index (χ1) is 12.3. The van der Waals surface area contributed by atoms with E-state index in [1.54, 1.807) is 16.1 Å². The molecule has 6 nitrogen and oxygen atoms in total. The summed E-state index contributed by atoms with van der Waals surface area (Å²) < 4.78 is 11.1. The van der Waals surface area contributed by atoms with Gasteiger partial charge in [0.1, 0.15) is 12.3 Å². The lowest BCUT2D eigenvalue weighted by atomic mass is 9.94. The van der Waals surface area contributed by atoms with E-state index in [4.69, 9.17) is 9.15 Å². The number of ether oxygens (including phenoxy) is 1. The monoisotopic (exact) mass is 362 g/mol. The Morgan fingerprint density at radius 3 is 2.54 bits per heavy atom. The number of hydrogen-bond donors (Lipinski definition) is 0. The van der Waals surface area contributed by atoms with E-state index >= 15 is 0 Å². The number of rotatable bonds is 7. The molecule has 3 rings (SSSR count). The molecule has 1 aliphatic carbocycles. The van der Waals surface area contributed by atoms with Crippen LogP contribution >= 0.6 is 0 Å². The van der Waals surface area contributed by atoms with Crippen LogP contribution < -0.4 is 0 Å². The molecular formula is C20H30N2O4. The maximum atomic E-state index is 13.1. The molecule has 2 amide bonds. The second-order valence-corrected chi connectivity index (χ2v) is 8.40. The summed E-state index contributed by atoms with van der Waals surface area (Å²) in [4.78, 5) is 29.4. The lowest BCUT2D eigenvalue weighted by Gasteiger charge is -2.32. The Labute approximate surface area is 155 Å². The third-order valence-corrected chi connectivity index (χ3v) is 4.92. The summed E-state index contributed by atoms with van der Waals surface area (Å²) in [6.07, 6.45) is 5.66. The minimum atomic E-state index is -0.483. The third kappa shape index (κ3) is 4.87. The smallest absolute Gasteiger partial charge is 0.242 e. The highest BCUT2D eigenvalue weighted by Crippen LogP contribution is 2.31. The summed E-state index contributed by atoms with van der Waals surface area (Å²) in [6, 6.07) is 3.90. The number of carbonyl (C=O) groups excluding carboxylic acids is 2. The van der Waals surface area contributed by atoms with Crippen molar-refractivity contribution in [3.05, 3.63) is 24.2 Å². The van der Waals surface area contributed by atoms with Crippen molar-refractivity contribution in [3.63, 3.8) is 0 Å². The standard InChI is InChI=1S/C20H30N2O4/c1-20(2,3)19(24)22(15-8-9-15)14-18(23)21(12-16-6-4-10-25-16)13-17-7-5-11-26-17/h4,6,10,15,17H,5,7-9,11-14H2,1-3H3/t17-/m0/s1. The molecule has 1 aromatic rings. The van der Waals surface area contributed by atoms with Crippen LogP contribution in [0.5, 0.6) is 0 Å². The Balaban J connectivity index is 1.69. The fourth-order valence-electron chi connectivity index (χ4n) is 3.31. The van der Waals surface area contributed by atoms with E-state index < -0.39 is 5.41 Å². The average molecular weight is 362 g/mol. The quantitative estimate of drug-likeness (QED) is 0.748. The van der Waals surface area contributed by atoms with Crippen molar-refractivity contribution in [1.29, 1.82) is 0 Å².